The molecule has 9 heavy (non-hydrogen) atoms. The summed E-state index contributed by atoms with van der Waals surface area (Å²) in [7, 11) is 0.766. The summed E-state index contributed by atoms with van der Waals surface area (Å²) in [6, 6.07) is 0. The molecule has 0 aliphatic carbocycles. The van der Waals surface area contributed by atoms with E-state index in [-0.39, 0.29) is 19.9 Å². The van der Waals surface area contributed by atoms with Gasteiger partial charge in [-0.15, -0.1) is 15.8 Å². The van der Waals surface area contributed by atoms with Gasteiger partial charge in [-0.25, -0.2) is 0 Å². The molecule has 0 spiro atoms. The molecule has 0 aliphatic rings. The summed E-state index contributed by atoms with van der Waals surface area (Å²) in [4.78, 5) is 0. The third-order valence-corrected chi connectivity index (χ3v) is 3.58. The van der Waals surface area contributed by atoms with Gasteiger partial charge < -0.3 is 2.85 Å². The van der Waals surface area contributed by atoms with Crippen molar-refractivity contribution in [2.45, 2.75) is 0 Å². The van der Waals surface area contributed by atoms with Gasteiger partial charge in [-0.3, -0.25) is 0 Å². The summed E-state index contributed by atoms with van der Waals surface area (Å²) in [5.41, 5.74) is 0. The van der Waals surface area contributed by atoms with Crippen LogP contribution in [0.15, 0.2) is 0 Å². The van der Waals surface area contributed by atoms with E-state index in [1.165, 1.54) is 12.3 Å². The van der Waals surface area contributed by atoms with E-state index >= 15 is 0 Å². The van der Waals surface area contributed by atoms with Crippen LogP contribution in [0, 0.1) is 0 Å². The average molecular weight is 208 g/mol. The largest absolute Gasteiger partial charge is 2.00 e. The molecule has 0 amide bonds. The van der Waals surface area contributed by atoms with Crippen LogP contribution in [0.3, 0.4) is 0 Å². The third-order valence-electron chi connectivity index (χ3n) is 0.994. The van der Waals surface area contributed by atoms with Crippen LogP contribution in [0.5, 0.6) is 0 Å². The Morgan fingerprint density at radius 1 is 0.889 bits per heavy atom. The second-order valence-corrected chi connectivity index (χ2v) is 7.82. The van der Waals surface area contributed by atoms with E-state index in [9.17, 15) is 0 Å². The van der Waals surface area contributed by atoms with E-state index in [1.807, 2.05) is 0 Å². The Bertz CT molecular complexity index is 54.5. The monoisotopic (exact) mass is 208 g/mol. The van der Waals surface area contributed by atoms with E-state index in [0.29, 0.717) is 15.8 Å². The van der Waals surface area contributed by atoms with Gasteiger partial charge in [-0.1, -0.05) is 0 Å². The van der Waals surface area contributed by atoms with Crippen molar-refractivity contribution >= 4 is 15.8 Å². The van der Waals surface area contributed by atoms with Crippen LogP contribution in [0.4, 0.5) is 0 Å². The quantitative estimate of drug-likeness (QED) is 0.494. The first kappa shape index (κ1) is 13.0. The van der Waals surface area contributed by atoms with Crippen LogP contribution in [0.25, 0.3) is 0 Å². The summed E-state index contributed by atoms with van der Waals surface area (Å²) >= 11 is 0. The van der Waals surface area contributed by atoms with Crippen molar-refractivity contribution in [2.24, 2.45) is 0 Å². The van der Waals surface area contributed by atoms with Gasteiger partial charge in [-0.05, 0) is 39.0 Å². The molecule has 0 heterocycles. The zero-order chi connectivity index (χ0) is 6.57. The zero-order valence-corrected chi connectivity index (χ0v) is 9.56. The molecule has 0 nitrogen and oxygen atoms in total. The van der Waals surface area contributed by atoms with Crippen molar-refractivity contribution in [3.05, 3.63) is 0 Å². The first-order chi connectivity index (χ1) is 3.63. The minimum atomic E-state index is 0. The van der Waals surface area contributed by atoms with E-state index in [1.54, 1.807) is 0 Å². The predicted molar refractivity (Wildman–Crippen MR) is 49.5 cm³/mol. The van der Waals surface area contributed by atoms with Gasteiger partial charge in [0.25, 0.3) is 0 Å². The molecule has 0 aromatic heterocycles. The topological polar surface area (TPSA) is 0 Å². The van der Waals surface area contributed by atoms with Gasteiger partial charge in [0.15, 0.2) is 0 Å². The van der Waals surface area contributed by atoms with Crippen molar-refractivity contribution in [2.75, 3.05) is 39.0 Å². The molecular formula is C6H18FeP2. The van der Waals surface area contributed by atoms with E-state index in [0.717, 1.165) is 0 Å². The molecular weight excluding hydrogens is 190 g/mol. The molecule has 0 fully saturated rings. The molecule has 0 saturated heterocycles. The standard InChI is InChI=1S/C6H16P2.Fe.2H/c1-7(2)5-6-8(3)4;;;/h5-6H2,1-4H3;;;/q;+2;2*-1. The summed E-state index contributed by atoms with van der Waals surface area (Å²) in [5, 5.41) is 0. The van der Waals surface area contributed by atoms with Crippen molar-refractivity contribution in [3.63, 3.8) is 0 Å². The first-order valence-electron chi connectivity index (χ1n) is 2.92. The molecule has 0 radical (unpaired) electrons. The Labute approximate surface area is 75.1 Å². The molecule has 0 N–H and O–H groups in total. The van der Waals surface area contributed by atoms with Crippen LogP contribution in [-0.2, 0) is 17.1 Å². The van der Waals surface area contributed by atoms with Crippen LogP contribution in [0.1, 0.15) is 2.85 Å². The fourth-order valence-corrected chi connectivity index (χ4v) is 3.60. The maximum absolute atomic E-state index is 2.36. The van der Waals surface area contributed by atoms with Crippen LogP contribution < -0.4 is 0 Å². The molecule has 0 aromatic rings. The van der Waals surface area contributed by atoms with Crippen molar-refractivity contribution in [1.29, 1.82) is 0 Å². The SMILES string of the molecule is CP(C)CCP(C)C.[Fe+2].[H-].[H-]. The Balaban J connectivity index is -0.0000000817. The second-order valence-electron chi connectivity index (χ2n) is 2.61. The zero-order valence-electron chi connectivity index (χ0n) is 8.66. The van der Waals surface area contributed by atoms with Gasteiger partial charge in [0.05, 0.1) is 0 Å². The molecule has 0 aromatic carbocycles. The molecule has 0 rings (SSSR count). The maximum Gasteiger partial charge on any atom is 2.00 e. The first-order valence-corrected chi connectivity index (χ1v) is 7.76. The summed E-state index contributed by atoms with van der Waals surface area (Å²) < 4.78 is 0. The van der Waals surface area contributed by atoms with Crippen LogP contribution >= 0.6 is 15.8 Å². The van der Waals surface area contributed by atoms with Crippen LogP contribution in [0.2, 0.25) is 0 Å². The minimum absolute atomic E-state index is 0. The van der Waals surface area contributed by atoms with Gasteiger partial charge in [0.1, 0.15) is 0 Å². The fraction of sp³-hybridized carbons (Fsp3) is 1.00. The predicted octanol–water partition coefficient (Wildman–Crippen LogP) is 2.69. The molecule has 3 heteroatoms. The Morgan fingerprint density at radius 3 is 1.22 bits per heavy atom. The number of hydrogen-bond acceptors (Lipinski definition) is 0. The number of hydrogen-bond donors (Lipinski definition) is 0. The molecule has 0 bridgehead atoms. The van der Waals surface area contributed by atoms with E-state index < -0.39 is 0 Å². The molecule has 60 valence electrons. The molecule has 0 unspecified atom stereocenters. The normalized spacial score (nSPS) is 10.0. The van der Waals surface area contributed by atoms with Gasteiger partial charge in [0.2, 0.25) is 0 Å². The third kappa shape index (κ3) is 12.6. The Morgan fingerprint density at radius 2 is 1.11 bits per heavy atom. The summed E-state index contributed by atoms with van der Waals surface area (Å²) in [6.07, 6.45) is 2.96. The number of rotatable bonds is 3. The van der Waals surface area contributed by atoms with Crippen molar-refractivity contribution < 1.29 is 19.9 Å². The maximum atomic E-state index is 2.36. The smallest absolute Gasteiger partial charge is 1.00 e. The van der Waals surface area contributed by atoms with Gasteiger partial charge in [0, 0.05) is 0 Å². The Kier molecular flexibility index (Phi) is 10.8. The van der Waals surface area contributed by atoms with Gasteiger partial charge in [-0.2, -0.15) is 0 Å². The van der Waals surface area contributed by atoms with E-state index in [2.05, 4.69) is 26.7 Å². The molecule has 0 atom stereocenters. The molecule has 0 aliphatic heterocycles. The summed E-state index contributed by atoms with van der Waals surface area (Å²) in [6.45, 7) is 9.42. The second kappa shape index (κ2) is 7.49. The Hall–Kier alpha value is 1.38. The molecule has 0 saturated carbocycles. The fourth-order valence-electron chi connectivity index (χ4n) is 0.400. The van der Waals surface area contributed by atoms with E-state index in [4.69, 9.17) is 0 Å². The van der Waals surface area contributed by atoms with Crippen molar-refractivity contribution in [3.8, 4) is 0 Å². The van der Waals surface area contributed by atoms with Crippen LogP contribution in [-0.4, -0.2) is 39.0 Å². The minimum Gasteiger partial charge on any atom is -1.00 e. The average Bonchev–Trinajstić information content (AvgIpc) is 1.61. The van der Waals surface area contributed by atoms with Gasteiger partial charge >= 0.3 is 17.1 Å². The summed E-state index contributed by atoms with van der Waals surface area (Å²) in [5.74, 6) is 0. The van der Waals surface area contributed by atoms with Crippen molar-refractivity contribution in [1.82, 2.24) is 0 Å².